The Kier molecular flexibility index (Phi) is 5.15. The molecule has 2 aromatic heterocycles. The lowest BCUT2D eigenvalue weighted by Gasteiger charge is -2.26. The molecule has 4 rings (SSSR count). The minimum Gasteiger partial charge on any atom is -0.458 e. The molecule has 3 heterocycles. The number of rotatable bonds is 5. The maximum absolute atomic E-state index is 15.3. The van der Waals surface area contributed by atoms with Crippen molar-refractivity contribution in [2.45, 2.75) is 25.1 Å². The summed E-state index contributed by atoms with van der Waals surface area (Å²) in [6, 6.07) is 15.0. The van der Waals surface area contributed by atoms with E-state index in [1.165, 1.54) is 16.8 Å². The van der Waals surface area contributed by atoms with Crippen LogP contribution in [0, 0.1) is 0 Å². The molecule has 0 unspecified atom stereocenters. The van der Waals surface area contributed by atoms with Crippen molar-refractivity contribution in [3.05, 3.63) is 82.4 Å². The van der Waals surface area contributed by atoms with Crippen LogP contribution in [0.5, 0.6) is 0 Å². The van der Waals surface area contributed by atoms with Gasteiger partial charge in [-0.2, -0.15) is 0 Å². The summed E-state index contributed by atoms with van der Waals surface area (Å²) in [4.78, 5) is 31.0. The van der Waals surface area contributed by atoms with E-state index < -0.39 is 17.2 Å². The molecule has 7 heteroatoms. The Morgan fingerprint density at radius 2 is 2.00 bits per heavy atom. The number of carbonyl (C=O) groups excluding carboxylic acids is 1. The van der Waals surface area contributed by atoms with Crippen molar-refractivity contribution in [2.24, 2.45) is 0 Å². The van der Waals surface area contributed by atoms with Gasteiger partial charge in [0.05, 0.1) is 0 Å². The standard InChI is InChI=1S/C22H22FN3O3/c1-16(17-7-3-2-4-8-17)25-12-10-22(23,14-25)15-29-21(28)18-13-24-19-9-5-6-11-26(19)20(18)27/h2-9,11,13,16H,10,12,14-15H2,1H3/t16-,22+/m1/s1. The van der Waals surface area contributed by atoms with Crippen LogP contribution in [0.25, 0.3) is 5.65 Å². The van der Waals surface area contributed by atoms with Crippen molar-refractivity contribution in [1.29, 1.82) is 0 Å². The zero-order valence-electron chi connectivity index (χ0n) is 16.1. The van der Waals surface area contributed by atoms with Crippen LogP contribution < -0.4 is 5.56 Å². The maximum atomic E-state index is 15.3. The van der Waals surface area contributed by atoms with Gasteiger partial charge in [-0.15, -0.1) is 0 Å². The fraction of sp³-hybridized carbons (Fsp3) is 0.318. The molecule has 2 atom stereocenters. The molecule has 0 radical (unpaired) electrons. The predicted octanol–water partition coefficient (Wildman–Crippen LogP) is 3.03. The smallest absolute Gasteiger partial charge is 0.345 e. The van der Waals surface area contributed by atoms with Gasteiger partial charge in [0.15, 0.2) is 5.67 Å². The van der Waals surface area contributed by atoms with E-state index in [9.17, 15) is 9.59 Å². The van der Waals surface area contributed by atoms with Crippen LogP contribution in [0.15, 0.2) is 65.7 Å². The number of pyridine rings is 1. The number of hydrogen-bond acceptors (Lipinski definition) is 5. The van der Waals surface area contributed by atoms with Crippen molar-refractivity contribution in [3.63, 3.8) is 0 Å². The van der Waals surface area contributed by atoms with Gasteiger partial charge in [-0.1, -0.05) is 36.4 Å². The highest BCUT2D eigenvalue weighted by atomic mass is 19.1. The van der Waals surface area contributed by atoms with Crippen LogP contribution in [0.4, 0.5) is 4.39 Å². The summed E-state index contributed by atoms with van der Waals surface area (Å²) in [7, 11) is 0. The number of alkyl halides is 1. The van der Waals surface area contributed by atoms with E-state index in [1.54, 1.807) is 18.2 Å². The molecule has 1 aromatic carbocycles. The number of carbonyl (C=O) groups is 1. The Bertz CT molecular complexity index is 1090. The molecule has 0 saturated carbocycles. The van der Waals surface area contributed by atoms with Gasteiger partial charge < -0.3 is 4.74 Å². The topological polar surface area (TPSA) is 63.9 Å². The van der Waals surface area contributed by atoms with E-state index >= 15 is 4.39 Å². The minimum atomic E-state index is -1.64. The molecule has 0 bridgehead atoms. The zero-order valence-corrected chi connectivity index (χ0v) is 16.1. The Morgan fingerprint density at radius 1 is 1.24 bits per heavy atom. The van der Waals surface area contributed by atoms with E-state index in [-0.39, 0.29) is 31.2 Å². The predicted molar refractivity (Wildman–Crippen MR) is 107 cm³/mol. The molecule has 0 N–H and O–H groups in total. The highest BCUT2D eigenvalue weighted by Crippen LogP contribution is 2.32. The third-order valence-corrected chi connectivity index (χ3v) is 5.46. The number of likely N-dealkylation sites (tertiary alicyclic amines) is 1. The summed E-state index contributed by atoms with van der Waals surface area (Å²) in [5.74, 6) is -0.854. The van der Waals surface area contributed by atoms with E-state index in [2.05, 4.69) is 4.98 Å². The van der Waals surface area contributed by atoms with Crippen molar-refractivity contribution >= 4 is 11.6 Å². The molecule has 29 heavy (non-hydrogen) atoms. The zero-order chi connectivity index (χ0) is 20.4. The lowest BCUT2D eigenvalue weighted by molar-refractivity contribution is 0.0161. The van der Waals surface area contributed by atoms with Crippen LogP contribution in [0.3, 0.4) is 0 Å². The molecule has 150 valence electrons. The second-order valence-corrected chi connectivity index (χ2v) is 7.44. The Labute approximate surface area is 167 Å². The first-order valence-electron chi connectivity index (χ1n) is 9.58. The van der Waals surface area contributed by atoms with Gasteiger partial charge in [-0.05, 0) is 31.0 Å². The third-order valence-electron chi connectivity index (χ3n) is 5.46. The minimum absolute atomic E-state index is 0.0684. The van der Waals surface area contributed by atoms with Crippen LogP contribution in [-0.2, 0) is 4.74 Å². The first-order chi connectivity index (χ1) is 14.0. The molecule has 3 aromatic rings. The Balaban J connectivity index is 1.42. The van der Waals surface area contributed by atoms with Crippen molar-refractivity contribution < 1.29 is 13.9 Å². The quantitative estimate of drug-likeness (QED) is 0.622. The summed E-state index contributed by atoms with van der Waals surface area (Å²) in [5.41, 5.74) is -0.829. The number of nitrogens with zero attached hydrogens (tertiary/aromatic N) is 3. The van der Waals surface area contributed by atoms with Crippen LogP contribution in [0.2, 0.25) is 0 Å². The Morgan fingerprint density at radius 3 is 2.79 bits per heavy atom. The second-order valence-electron chi connectivity index (χ2n) is 7.44. The first kappa shape index (κ1) is 19.3. The molecule has 1 fully saturated rings. The molecule has 0 amide bonds. The van der Waals surface area contributed by atoms with Gasteiger partial charge in [-0.3, -0.25) is 14.1 Å². The van der Waals surface area contributed by atoms with Gasteiger partial charge >= 0.3 is 5.97 Å². The number of benzene rings is 1. The molecule has 1 saturated heterocycles. The summed E-state index contributed by atoms with van der Waals surface area (Å²) in [6.45, 7) is 2.39. The number of halogens is 1. The molecular weight excluding hydrogens is 373 g/mol. The average Bonchev–Trinajstić information content (AvgIpc) is 3.15. The average molecular weight is 395 g/mol. The summed E-state index contributed by atoms with van der Waals surface area (Å²) >= 11 is 0. The summed E-state index contributed by atoms with van der Waals surface area (Å²) < 4.78 is 21.7. The molecule has 6 nitrogen and oxygen atoms in total. The first-order valence-corrected chi connectivity index (χ1v) is 9.58. The molecular formula is C22H22FN3O3. The fourth-order valence-corrected chi connectivity index (χ4v) is 3.70. The number of fused-ring (bicyclic) bond motifs is 1. The van der Waals surface area contributed by atoms with E-state index in [0.717, 1.165) is 5.56 Å². The van der Waals surface area contributed by atoms with Gasteiger partial charge in [0.2, 0.25) is 0 Å². The Hall–Kier alpha value is -3.06. The van der Waals surface area contributed by atoms with Gasteiger partial charge in [0.1, 0.15) is 17.8 Å². The molecule has 1 aliphatic rings. The van der Waals surface area contributed by atoms with Crippen molar-refractivity contribution in [2.75, 3.05) is 19.7 Å². The number of aromatic nitrogens is 2. The van der Waals surface area contributed by atoms with E-state index in [0.29, 0.717) is 12.2 Å². The summed E-state index contributed by atoms with van der Waals surface area (Å²) in [6.07, 6.45) is 2.98. The van der Waals surface area contributed by atoms with Gasteiger partial charge in [0.25, 0.3) is 5.56 Å². The van der Waals surface area contributed by atoms with Gasteiger partial charge in [0, 0.05) is 31.5 Å². The van der Waals surface area contributed by atoms with E-state index in [1.807, 2.05) is 42.2 Å². The number of hydrogen-bond donors (Lipinski definition) is 0. The van der Waals surface area contributed by atoms with Crippen LogP contribution in [0.1, 0.15) is 35.3 Å². The summed E-state index contributed by atoms with van der Waals surface area (Å²) in [5, 5.41) is 0. The van der Waals surface area contributed by atoms with E-state index in [4.69, 9.17) is 4.74 Å². The lowest BCUT2D eigenvalue weighted by Crippen LogP contribution is -2.36. The fourth-order valence-electron chi connectivity index (χ4n) is 3.70. The maximum Gasteiger partial charge on any atom is 0.345 e. The normalized spacial score (nSPS) is 20.6. The van der Waals surface area contributed by atoms with Gasteiger partial charge in [-0.25, -0.2) is 14.2 Å². The SMILES string of the molecule is C[C@H](c1ccccc1)N1CC[C@@](F)(COC(=O)c2cnc3ccccn3c2=O)C1. The third kappa shape index (κ3) is 3.91. The highest BCUT2D eigenvalue weighted by molar-refractivity contribution is 5.88. The molecule has 0 spiro atoms. The molecule has 1 aliphatic heterocycles. The van der Waals surface area contributed by atoms with Crippen molar-refractivity contribution in [1.82, 2.24) is 14.3 Å². The lowest BCUT2D eigenvalue weighted by atomic mass is 10.1. The van der Waals surface area contributed by atoms with Crippen molar-refractivity contribution in [3.8, 4) is 0 Å². The highest BCUT2D eigenvalue weighted by Gasteiger charge is 2.41. The monoisotopic (exact) mass is 395 g/mol. The largest absolute Gasteiger partial charge is 0.458 e. The molecule has 0 aliphatic carbocycles. The number of ether oxygens (including phenoxy) is 1. The number of esters is 1. The van der Waals surface area contributed by atoms with Crippen LogP contribution in [-0.4, -0.2) is 45.6 Å². The second kappa shape index (κ2) is 7.75. The van der Waals surface area contributed by atoms with Crippen LogP contribution >= 0.6 is 0 Å².